The van der Waals surface area contributed by atoms with Gasteiger partial charge < -0.3 is 20.1 Å². The number of ether oxygens (including phenoxy) is 1. The Morgan fingerprint density at radius 1 is 1.32 bits per heavy atom. The number of benzene rings is 1. The van der Waals surface area contributed by atoms with E-state index >= 15 is 0 Å². The first-order chi connectivity index (χ1) is 13.2. The van der Waals surface area contributed by atoms with E-state index < -0.39 is 23.1 Å². The molecule has 0 saturated carbocycles. The van der Waals surface area contributed by atoms with Crippen molar-refractivity contribution in [2.24, 2.45) is 0 Å². The molecule has 6 nitrogen and oxygen atoms in total. The van der Waals surface area contributed by atoms with E-state index in [2.05, 4.69) is 5.32 Å². The van der Waals surface area contributed by atoms with Crippen molar-refractivity contribution in [3.8, 4) is 0 Å². The molecule has 0 bridgehead atoms. The van der Waals surface area contributed by atoms with Crippen molar-refractivity contribution >= 4 is 11.8 Å². The summed E-state index contributed by atoms with van der Waals surface area (Å²) in [5.74, 6) is -0.965. The second-order valence-corrected chi connectivity index (χ2v) is 8.11. The number of piperidine rings is 1. The van der Waals surface area contributed by atoms with Gasteiger partial charge in [-0.25, -0.2) is 4.39 Å². The minimum absolute atomic E-state index is 0.101. The first-order valence-corrected chi connectivity index (χ1v) is 9.90. The highest BCUT2D eigenvalue weighted by Crippen LogP contribution is 2.40. The molecule has 0 aliphatic carbocycles. The van der Waals surface area contributed by atoms with Crippen molar-refractivity contribution < 1.29 is 23.8 Å². The summed E-state index contributed by atoms with van der Waals surface area (Å²) >= 11 is 0. The molecule has 0 aromatic heterocycles. The molecular formula is C21H29FN2O4. The third kappa shape index (κ3) is 3.65. The Kier molecular flexibility index (Phi) is 5.77. The molecule has 2 heterocycles. The predicted molar refractivity (Wildman–Crippen MR) is 102 cm³/mol. The number of hydrogen-bond donors (Lipinski definition) is 2. The number of nitrogens with zero attached hydrogens (tertiary/aromatic N) is 1. The van der Waals surface area contributed by atoms with Gasteiger partial charge in [0, 0.05) is 26.1 Å². The number of likely N-dealkylation sites (tertiary alicyclic amines) is 1. The summed E-state index contributed by atoms with van der Waals surface area (Å²) in [5.41, 5.74) is -0.868. The first-order valence-electron chi connectivity index (χ1n) is 9.90. The van der Waals surface area contributed by atoms with Crippen LogP contribution in [0, 0.1) is 12.7 Å². The Labute approximate surface area is 165 Å². The molecule has 1 aromatic carbocycles. The lowest BCUT2D eigenvalue weighted by Crippen LogP contribution is -2.69. The zero-order valence-corrected chi connectivity index (χ0v) is 16.8. The topological polar surface area (TPSA) is 78.9 Å². The Bertz CT molecular complexity index is 741. The van der Waals surface area contributed by atoms with Gasteiger partial charge in [-0.15, -0.1) is 0 Å². The zero-order valence-electron chi connectivity index (χ0n) is 16.8. The fourth-order valence-corrected chi connectivity index (χ4v) is 4.37. The van der Waals surface area contributed by atoms with Crippen molar-refractivity contribution in [3.05, 3.63) is 35.1 Å². The van der Waals surface area contributed by atoms with E-state index in [0.29, 0.717) is 50.9 Å². The molecule has 2 aliphatic rings. The van der Waals surface area contributed by atoms with Crippen molar-refractivity contribution in [1.82, 2.24) is 10.2 Å². The number of nitrogens with one attached hydrogen (secondary N) is 1. The number of amides is 2. The lowest BCUT2D eigenvalue weighted by molar-refractivity contribution is -0.205. The molecule has 2 saturated heterocycles. The number of halogens is 1. The van der Waals surface area contributed by atoms with Crippen molar-refractivity contribution in [1.29, 1.82) is 0 Å². The van der Waals surface area contributed by atoms with Crippen molar-refractivity contribution in [2.75, 3.05) is 19.7 Å². The number of aliphatic hydroxyl groups is 1. The number of hydrogen-bond acceptors (Lipinski definition) is 4. The Morgan fingerprint density at radius 3 is 2.61 bits per heavy atom. The minimum atomic E-state index is -0.878. The van der Waals surface area contributed by atoms with Crippen LogP contribution in [0.15, 0.2) is 18.2 Å². The van der Waals surface area contributed by atoms with Gasteiger partial charge in [-0.1, -0.05) is 19.1 Å². The lowest BCUT2D eigenvalue weighted by Gasteiger charge is -2.53. The van der Waals surface area contributed by atoms with Crippen LogP contribution in [0.3, 0.4) is 0 Å². The lowest BCUT2D eigenvalue weighted by atomic mass is 9.73. The number of carbonyl (C=O) groups excluding carboxylic acids is 2. The molecule has 0 radical (unpaired) electrons. The molecule has 1 aromatic rings. The third-order valence-corrected chi connectivity index (χ3v) is 6.19. The van der Waals surface area contributed by atoms with Gasteiger partial charge in [0.2, 0.25) is 5.91 Å². The molecule has 28 heavy (non-hydrogen) atoms. The highest BCUT2D eigenvalue weighted by molar-refractivity contribution is 5.96. The fraction of sp³-hybridized carbons (Fsp3) is 0.619. The maximum Gasteiger partial charge on any atom is 0.257 e. The maximum absolute atomic E-state index is 14.2. The van der Waals surface area contributed by atoms with Crippen LogP contribution in [-0.4, -0.2) is 58.8 Å². The van der Waals surface area contributed by atoms with Gasteiger partial charge >= 0.3 is 0 Å². The number of carbonyl (C=O) groups is 2. The van der Waals surface area contributed by atoms with Crippen LogP contribution >= 0.6 is 0 Å². The van der Waals surface area contributed by atoms with Gasteiger partial charge in [0.1, 0.15) is 11.9 Å². The largest absolute Gasteiger partial charge is 0.388 e. The Morgan fingerprint density at radius 2 is 2.00 bits per heavy atom. The molecule has 0 unspecified atom stereocenters. The van der Waals surface area contributed by atoms with Crippen LogP contribution in [0.4, 0.5) is 4.39 Å². The molecule has 2 fully saturated rings. The maximum atomic E-state index is 14.2. The Balaban J connectivity index is 1.73. The molecule has 2 N–H and O–H groups in total. The normalized spacial score (nSPS) is 26.9. The molecule has 154 valence electrons. The average Bonchev–Trinajstić information content (AvgIpc) is 2.66. The van der Waals surface area contributed by atoms with E-state index in [1.807, 2.05) is 6.92 Å². The zero-order chi connectivity index (χ0) is 20.5. The van der Waals surface area contributed by atoms with Crippen LogP contribution in [-0.2, 0) is 9.53 Å². The van der Waals surface area contributed by atoms with Crippen molar-refractivity contribution in [2.45, 2.75) is 63.7 Å². The van der Waals surface area contributed by atoms with E-state index in [1.165, 1.54) is 6.07 Å². The van der Waals surface area contributed by atoms with Crippen LogP contribution in [0.2, 0.25) is 0 Å². The van der Waals surface area contributed by atoms with E-state index in [9.17, 15) is 19.1 Å². The standard InChI is InChI=1S/C21H29FN2O4/c1-4-16(25)23-20(3)10-13-28-21(19(20)27)8-11-24(12-9-21)18(26)17-14(2)6-5-7-15(17)22/h5-7,19,27H,4,8-13H2,1-3H3,(H,23,25)/t19-,20+/m1/s1. The summed E-state index contributed by atoms with van der Waals surface area (Å²) in [7, 11) is 0. The van der Waals surface area contributed by atoms with Gasteiger partial charge in [-0.3, -0.25) is 9.59 Å². The van der Waals surface area contributed by atoms with Gasteiger partial charge in [-0.05, 0) is 44.7 Å². The van der Waals surface area contributed by atoms with Crippen LogP contribution in [0.25, 0.3) is 0 Å². The Hall–Kier alpha value is -1.99. The monoisotopic (exact) mass is 392 g/mol. The van der Waals surface area contributed by atoms with Gasteiger partial charge in [0.25, 0.3) is 5.91 Å². The van der Waals surface area contributed by atoms with E-state index in [-0.39, 0.29) is 17.4 Å². The van der Waals surface area contributed by atoms with Gasteiger partial charge in [-0.2, -0.15) is 0 Å². The number of aryl methyl sites for hydroxylation is 1. The third-order valence-electron chi connectivity index (χ3n) is 6.19. The smallest absolute Gasteiger partial charge is 0.257 e. The van der Waals surface area contributed by atoms with Crippen molar-refractivity contribution in [3.63, 3.8) is 0 Å². The van der Waals surface area contributed by atoms with Crippen LogP contribution in [0.1, 0.15) is 55.5 Å². The molecule has 3 rings (SSSR count). The van der Waals surface area contributed by atoms with Gasteiger partial charge in [0.05, 0.1) is 16.7 Å². The number of rotatable bonds is 3. The van der Waals surface area contributed by atoms with Gasteiger partial charge in [0.15, 0.2) is 0 Å². The summed E-state index contributed by atoms with van der Waals surface area (Å²) in [6.07, 6.45) is 0.867. The van der Waals surface area contributed by atoms with E-state index in [1.54, 1.807) is 30.9 Å². The van der Waals surface area contributed by atoms with E-state index in [0.717, 1.165) is 0 Å². The SMILES string of the molecule is CCC(=O)N[C@@]1(C)CCOC2(CCN(C(=O)c3c(C)cccc3F)CC2)[C@@H]1O. The summed E-state index contributed by atoms with van der Waals surface area (Å²) in [6, 6.07) is 4.60. The summed E-state index contributed by atoms with van der Waals surface area (Å²) < 4.78 is 20.2. The highest BCUT2D eigenvalue weighted by Gasteiger charge is 2.54. The summed E-state index contributed by atoms with van der Waals surface area (Å²) in [6.45, 7) is 6.49. The minimum Gasteiger partial charge on any atom is -0.388 e. The molecule has 7 heteroatoms. The summed E-state index contributed by atoms with van der Waals surface area (Å²) in [4.78, 5) is 26.4. The predicted octanol–water partition coefficient (Wildman–Crippen LogP) is 2.18. The quantitative estimate of drug-likeness (QED) is 0.826. The second kappa shape index (κ2) is 7.79. The molecule has 2 atom stereocenters. The number of aliphatic hydroxyl groups excluding tert-OH is 1. The highest BCUT2D eigenvalue weighted by atomic mass is 19.1. The molecule has 2 aliphatic heterocycles. The van der Waals surface area contributed by atoms with Crippen LogP contribution < -0.4 is 5.32 Å². The first kappa shape index (κ1) is 20.7. The average molecular weight is 392 g/mol. The second-order valence-electron chi connectivity index (χ2n) is 8.11. The molecule has 1 spiro atoms. The molecule has 2 amide bonds. The summed E-state index contributed by atoms with van der Waals surface area (Å²) in [5, 5.41) is 14.0. The molecular weight excluding hydrogens is 363 g/mol. The van der Waals surface area contributed by atoms with E-state index in [4.69, 9.17) is 4.74 Å². The van der Waals surface area contributed by atoms with Crippen LogP contribution in [0.5, 0.6) is 0 Å². The fourth-order valence-electron chi connectivity index (χ4n) is 4.37.